The number of aliphatic hydroxyl groups is 1. The molecule has 0 aliphatic rings. The van der Waals surface area contributed by atoms with Crippen LogP contribution in [0.25, 0.3) is 0 Å². The van der Waals surface area contributed by atoms with Gasteiger partial charge in [-0.25, -0.2) is 0 Å². The molecule has 21 heavy (non-hydrogen) atoms. The van der Waals surface area contributed by atoms with E-state index in [1.807, 2.05) is 31.2 Å². The summed E-state index contributed by atoms with van der Waals surface area (Å²) in [6.07, 6.45) is -5.22. The molecule has 0 saturated carbocycles. The summed E-state index contributed by atoms with van der Waals surface area (Å²) < 4.78 is 37.3. The second-order valence-corrected chi connectivity index (χ2v) is 4.88. The quantitative estimate of drug-likeness (QED) is 0.887. The lowest BCUT2D eigenvalue weighted by atomic mass is 10.1. The third-order valence-corrected chi connectivity index (χ3v) is 3.17. The molecule has 0 bridgehead atoms. The van der Waals surface area contributed by atoms with Gasteiger partial charge in [0.2, 0.25) is 0 Å². The van der Waals surface area contributed by atoms with Gasteiger partial charge in [0.1, 0.15) is 0 Å². The van der Waals surface area contributed by atoms with Crippen molar-refractivity contribution in [3.05, 3.63) is 65.2 Å². The minimum absolute atomic E-state index is 0.231. The highest BCUT2D eigenvalue weighted by Crippen LogP contribution is 2.29. The zero-order chi connectivity index (χ0) is 15.5. The fourth-order valence-corrected chi connectivity index (χ4v) is 1.90. The number of hydrogen-bond donors (Lipinski definition) is 2. The van der Waals surface area contributed by atoms with Gasteiger partial charge in [-0.15, -0.1) is 0 Å². The van der Waals surface area contributed by atoms with Gasteiger partial charge in [-0.1, -0.05) is 29.8 Å². The number of anilines is 1. The fraction of sp³-hybridized carbons (Fsp3) is 0.250. The Kier molecular flexibility index (Phi) is 4.53. The predicted octanol–water partition coefficient (Wildman–Crippen LogP) is 4.16. The van der Waals surface area contributed by atoms with E-state index in [1.54, 1.807) is 0 Å². The first-order chi connectivity index (χ1) is 9.86. The van der Waals surface area contributed by atoms with Gasteiger partial charge in [0, 0.05) is 12.2 Å². The summed E-state index contributed by atoms with van der Waals surface area (Å²) in [4.78, 5) is 0. The first-order valence-electron chi connectivity index (χ1n) is 6.52. The van der Waals surface area contributed by atoms with Gasteiger partial charge in [0.15, 0.2) is 0 Å². The highest BCUT2D eigenvalue weighted by Gasteiger charge is 2.30. The molecule has 2 aromatic rings. The highest BCUT2D eigenvalue weighted by molar-refractivity contribution is 5.44. The van der Waals surface area contributed by atoms with E-state index in [2.05, 4.69) is 5.32 Å². The van der Waals surface area contributed by atoms with Gasteiger partial charge in [-0.05, 0) is 36.8 Å². The van der Waals surface area contributed by atoms with Crippen molar-refractivity contribution >= 4 is 5.69 Å². The van der Waals surface area contributed by atoms with Crippen LogP contribution in [-0.2, 0) is 6.18 Å². The van der Waals surface area contributed by atoms with E-state index in [4.69, 9.17) is 0 Å². The van der Waals surface area contributed by atoms with Crippen LogP contribution in [0.15, 0.2) is 48.5 Å². The Balaban J connectivity index is 1.97. The minimum Gasteiger partial charge on any atom is -0.387 e. The maximum atomic E-state index is 12.4. The molecule has 5 heteroatoms. The van der Waals surface area contributed by atoms with Crippen molar-refractivity contribution < 1.29 is 18.3 Å². The van der Waals surface area contributed by atoms with E-state index in [0.717, 1.165) is 23.4 Å². The molecule has 0 fully saturated rings. The van der Waals surface area contributed by atoms with Crippen molar-refractivity contribution in [1.29, 1.82) is 0 Å². The Morgan fingerprint density at radius 2 is 1.57 bits per heavy atom. The van der Waals surface area contributed by atoms with Crippen molar-refractivity contribution in [2.24, 2.45) is 0 Å². The zero-order valence-corrected chi connectivity index (χ0v) is 11.5. The molecular formula is C16H16F3NO. The number of aryl methyl sites for hydroxylation is 1. The SMILES string of the molecule is Cc1ccc(NCC(O)c2ccc(C(F)(F)F)cc2)cc1. The third kappa shape index (κ3) is 4.23. The molecule has 2 N–H and O–H groups in total. The predicted molar refractivity (Wildman–Crippen MR) is 76.1 cm³/mol. The summed E-state index contributed by atoms with van der Waals surface area (Å²) in [6, 6.07) is 12.2. The molecule has 0 aliphatic heterocycles. The number of aliphatic hydroxyl groups excluding tert-OH is 1. The molecule has 0 heterocycles. The molecule has 2 aromatic carbocycles. The van der Waals surface area contributed by atoms with Crippen molar-refractivity contribution in [1.82, 2.24) is 0 Å². The molecular weight excluding hydrogens is 279 g/mol. The maximum absolute atomic E-state index is 12.4. The monoisotopic (exact) mass is 295 g/mol. The number of benzene rings is 2. The standard InChI is InChI=1S/C16H16F3NO/c1-11-2-8-14(9-3-11)20-10-15(21)12-4-6-13(7-5-12)16(17,18)19/h2-9,15,20-21H,10H2,1H3. The summed E-state index contributed by atoms with van der Waals surface area (Å²) in [5.74, 6) is 0. The van der Waals surface area contributed by atoms with Crippen LogP contribution in [0.3, 0.4) is 0 Å². The Hall–Kier alpha value is -2.01. The molecule has 0 spiro atoms. The molecule has 0 radical (unpaired) electrons. The molecule has 0 amide bonds. The van der Waals surface area contributed by atoms with Crippen molar-refractivity contribution in [2.45, 2.75) is 19.2 Å². The first kappa shape index (κ1) is 15.4. The average molecular weight is 295 g/mol. The molecule has 0 aromatic heterocycles. The minimum atomic E-state index is -4.36. The van der Waals surface area contributed by atoms with Crippen molar-refractivity contribution in [3.8, 4) is 0 Å². The van der Waals surface area contributed by atoms with Crippen molar-refractivity contribution in [2.75, 3.05) is 11.9 Å². The first-order valence-corrected chi connectivity index (χ1v) is 6.52. The number of alkyl halides is 3. The molecule has 2 nitrogen and oxygen atoms in total. The Labute approximate surface area is 121 Å². The smallest absolute Gasteiger partial charge is 0.387 e. The molecule has 2 rings (SSSR count). The lowest BCUT2D eigenvalue weighted by Crippen LogP contribution is -2.12. The van der Waals surface area contributed by atoms with Gasteiger partial charge in [0.05, 0.1) is 11.7 Å². The second-order valence-electron chi connectivity index (χ2n) is 4.88. The van der Waals surface area contributed by atoms with E-state index in [0.29, 0.717) is 5.56 Å². The van der Waals surface area contributed by atoms with Crippen LogP contribution < -0.4 is 5.32 Å². The van der Waals surface area contributed by atoms with Crippen LogP contribution in [0, 0.1) is 6.92 Å². The molecule has 112 valence electrons. The normalized spacial score (nSPS) is 13.0. The molecule has 0 aliphatic carbocycles. The zero-order valence-electron chi connectivity index (χ0n) is 11.5. The number of hydrogen-bond acceptors (Lipinski definition) is 2. The van der Waals surface area contributed by atoms with E-state index >= 15 is 0 Å². The van der Waals surface area contributed by atoms with Crippen LogP contribution in [0.2, 0.25) is 0 Å². The molecule has 0 saturated heterocycles. The Morgan fingerprint density at radius 1 is 1.00 bits per heavy atom. The Morgan fingerprint density at radius 3 is 2.10 bits per heavy atom. The largest absolute Gasteiger partial charge is 0.416 e. The van der Waals surface area contributed by atoms with E-state index in [1.165, 1.54) is 12.1 Å². The third-order valence-electron chi connectivity index (χ3n) is 3.17. The van der Waals surface area contributed by atoms with Gasteiger partial charge in [-0.2, -0.15) is 13.2 Å². The highest BCUT2D eigenvalue weighted by atomic mass is 19.4. The average Bonchev–Trinajstić information content (AvgIpc) is 2.45. The van der Waals surface area contributed by atoms with E-state index in [-0.39, 0.29) is 6.54 Å². The Bertz CT molecular complexity index is 576. The topological polar surface area (TPSA) is 32.3 Å². The number of nitrogens with one attached hydrogen (secondary N) is 1. The van der Waals surface area contributed by atoms with Crippen LogP contribution in [0.4, 0.5) is 18.9 Å². The van der Waals surface area contributed by atoms with Crippen LogP contribution in [0.5, 0.6) is 0 Å². The molecule has 1 unspecified atom stereocenters. The lowest BCUT2D eigenvalue weighted by Gasteiger charge is -2.14. The number of rotatable bonds is 4. The lowest BCUT2D eigenvalue weighted by molar-refractivity contribution is -0.137. The van der Waals surface area contributed by atoms with Crippen LogP contribution in [0.1, 0.15) is 22.8 Å². The van der Waals surface area contributed by atoms with Crippen LogP contribution in [-0.4, -0.2) is 11.7 Å². The molecule has 1 atom stereocenters. The summed E-state index contributed by atoms with van der Waals surface area (Å²) in [7, 11) is 0. The summed E-state index contributed by atoms with van der Waals surface area (Å²) in [5, 5.41) is 13.0. The summed E-state index contributed by atoms with van der Waals surface area (Å²) in [5.41, 5.74) is 1.71. The second kappa shape index (κ2) is 6.18. The summed E-state index contributed by atoms with van der Waals surface area (Å²) in [6.45, 7) is 2.20. The van der Waals surface area contributed by atoms with E-state index in [9.17, 15) is 18.3 Å². The van der Waals surface area contributed by atoms with E-state index < -0.39 is 17.8 Å². The maximum Gasteiger partial charge on any atom is 0.416 e. The summed E-state index contributed by atoms with van der Waals surface area (Å²) >= 11 is 0. The van der Waals surface area contributed by atoms with Gasteiger partial charge in [0.25, 0.3) is 0 Å². The van der Waals surface area contributed by atoms with Crippen LogP contribution >= 0.6 is 0 Å². The van der Waals surface area contributed by atoms with Gasteiger partial charge in [-0.3, -0.25) is 0 Å². The fourth-order valence-electron chi connectivity index (χ4n) is 1.90. The van der Waals surface area contributed by atoms with Gasteiger partial charge >= 0.3 is 6.18 Å². The van der Waals surface area contributed by atoms with Crippen molar-refractivity contribution in [3.63, 3.8) is 0 Å². The number of halogens is 3. The van der Waals surface area contributed by atoms with Gasteiger partial charge < -0.3 is 10.4 Å².